The van der Waals surface area contributed by atoms with Gasteiger partial charge in [0, 0.05) is 23.2 Å². The maximum atomic E-state index is 13.9. The van der Waals surface area contributed by atoms with Crippen molar-refractivity contribution >= 4 is 22.6 Å². The minimum absolute atomic E-state index is 0.186. The lowest BCUT2D eigenvalue weighted by molar-refractivity contribution is -0.0561. The lowest BCUT2D eigenvalue weighted by atomic mass is 9.96. The van der Waals surface area contributed by atoms with Crippen molar-refractivity contribution in [3.05, 3.63) is 35.6 Å². The van der Waals surface area contributed by atoms with Crippen LogP contribution in [-0.4, -0.2) is 24.2 Å². The highest BCUT2D eigenvalue weighted by atomic mass is 127. The Morgan fingerprint density at radius 1 is 1.37 bits per heavy atom. The van der Waals surface area contributed by atoms with Crippen LogP contribution in [-0.2, 0) is 15.1 Å². The van der Waals surface area contributed by atoms with Crippen molar-refractivity contribution in [3.63, 3.8) is 0 Å². The molecule has 1 aromatic rings. The molecule has 0 saturated carbocycles. The summed E-state index contributed by atoms with van der Waals surface area (Å²) in [6.07, 6.45) is 2.07. The summed E-state index contributed by atoms with van der Waals surface area (Å²) in [4.78, 5) is 0. The van der Waals surface area contributed by atoms with E-state index in [-0.39, 0.29) is 5.82 Å². The van der Waals surface area contributed by atoms with E-state index in [0.29, 0.717) is 18.1 Å². The fourth-order valence-corrected chi connectivity index (χ4v) is 2.92. The molecule has 0 aliphatic carbocycles. The number of benzene rings is 1. The normalized spacial score (nSPS) is 20.2. The molecule has 0 amide bonds. The van der Waals surface area contributed by atoms with Gasteiger partial charge in [0.2, 0.25) is 0 Å². The van der Waals surface area contributed by atoms with Crippen LogP contribution in [0.1, 0.15) is 25.3 Å². The van der Waals surface area contributed by atoms with Crippen LogP contribution in [0.25, 0.3) is 0 Å². The van der Waals surface area contributed by atoms with Crippen molar-refractivity contribution in [2.75, 3.05) is 24.2 Å². The van der Waals surface area contributed by atoms with Gasteiger partial charge in [-0.3, -0.25) is 0 Å². The summed E-state index contributed by atoms with van der Waals surface area (Å²) < 4.78 is 26.1. The molecule has 1 fully saturated rings. The quantitative estimate of drug-likeness (QED) is 0.571. The number of hydrogen-bond donors (Lipinski definition) is 0. The Hall–Kier alpha value is -0.200. The predicted octanol–water partition coefficient (Wildman–Crippen LogP) is 3.92. The van der Waals surface area contributed by atoms with E-state index in [1.807, 2.05) is 19.1 Å². The van der Waals surface area contributed by atoms with E-state index in [2.05, 4.69) is 22.6 Å². The average molecular weight is 378 g/mol. The summed E-state index contributed by atoms with van der Waals surface area (Å²) in [6.45, 7) is 4.28. The van der Waals surface area contributed by atoms with Crippen LogP contribution < -0.4 is 0 Å². The molecule has 1 unspecified atom stereocenters. The first-order valence-electron chi connectivity index (χ1n) is 6.68. The standard InChI is InChI=1S/C15H20FIO2/c1-15(11-17,13-4-2-3-5-14(13)16)19-10-12-6-8-18-9-7-12/h2-5,12H,6-11H2,1H3. The summed E-state index contributed by atoms with van der Waals surface area (Å²) in [5, 5.41) is 0. The molecular formula is C15H20FIO2. The molecule has 2 rings (SSSR count). The molecule has 1 saturated heterocycles. The molecule has 1 aliphatic rings. The van der Waals surface area contributed by atoms with Gasteiger partial charge in [0.15, 0.2) is 0 Å². The Labute approximate surface area is 127 Å². The summed E-state index contributed by atoms with van der Waals surface area (Å²) in [6, 6.07) is 6.89. The molecule has 0 radical (unpaired) electrons. The van der Waals surface area contributed by atoms with Crippen LogP contribution in [0, 0.1) is 11.7 Å². The molecule has 1 atom stereocenters. The lowest BCUT2D eigenvalue weighted by Crippen LogP contribution is -2.32. The average Bonchev–Trinajstić information content (AvgIpc) is 2.46. The van der Waals surface area contributed by atoms with E-state index < -0.39 is 5.60 Å². The van der Waals surface area contributed by atoms with Crippen LogP contribution in [0.15, 0.2) is 24.3 Å². The molecule has 2 nitrogen and oxygen atoms in total. The smallest absolute Gasteiger partial charge is 0.129 e. The van der Waals surface area contributed by atoms with Crippen molar-refractivity contribution in [1.82, 2.24) is 0 Å². The van der Waals surface area contributed by atoms with E-state index in [4.69, 9.17) is 9.47 Å². The van der Waals surface area contributed by atoms with E-state index in [0.717, 1.165) is 30.5 Å². The molecule has 106 valence electrons. The largest absolute Gasteiger partial charge is 0.381 e. The van der Waals surface area contributed by atoms with Crippen molar-refractivity contribution in [1.29, 1.82) is 0 Å². The van der Waals surface area contributed by atoms with Crippen molar-refractivity contribution in [3.8, 4) is 0 Å². The SMILES string of the molecule is CC(CI)(OCC1CCOCC1)c1ccccc1F. The third-order valence-electron chi connectivity index (χ3n) is 3.68. The minimum Gasteiger partial charge on any atom is -0.381 e. The number of hydrogen-bond acceptors (Lipinski definition) is 2. The molecule has 1 aliphatic heterocycles. The topological polar surface area (TPSA) is 18.5 Å². The maximum absolute atomic E-state index is 13.9. The summed E-state index contributed by atoms with van der Waals surface area (Å²) in [5.74, 6) is 0.344. The number of rotatable bonds is 5. The van der Waals surface area contributed by atoms with Crippen molar-refractivity contribution < 1.29 is 13.9 Å². The first kappa shape index (κ1) is 15.2. The molecule has 0 aromatic heterocycles. The van der Waals surface area contributed by atoms with Gasteiger partial charge in [-0.2, -0.15) is 0 Å². The molecule has 0 N–H and O–H groups in total. The van der Waals surface area contributed by atoms with Gasteiger partial charge in [0.05, 0.1) is 6.61 Å². The maximum Gasteiger partial charge on any atom is 0.129 e. The van der Waals surface area contributed by atoms with Gasteiger partial charge in [-0.1, -0.05) is 40.8 Å². The third kappa shape index (κ3) is 3.89. The third-order valence-corrected chi connectivity index (χ3v) is 5.13. The minimum atomic E-state index is -0.551. The zero-order valence-electron chi connectivity index (χ0n) is 11.2. The lowest BCUT2D eigenvalue weighted by Gasteiger charge is -2.32. The predicted molar refractivity (Wildman–Crippen MR) is 82.1 cm³/mol. The van der Waals surface area contributed by atoms with Gasteiger partial charge in [0.1, 0.15) is 11.4 Å². The number of halogens is 2. The van der Waals surface area contributed by atoms with Gasteiger partial charge < -0.3 is 9.47 Å². The van der Waals surface area contributed by atoms with E-state index in [1.165, 1.54) is 6.07 Å². The van der Waals surface area contributed by atoms with Crippen molar-refractivity contribution in [2.24, 2.45) is 5.92 Å². The van der Waals surface area contributed by atoms with E-state index >= 15 is 0 Å². The van der Waals surface area contributed by atoms with Gasteiger partial charge >= 0.3 is 0 Å². The Morgan fingerprint density at radius 2 is 2.05 bits per heavy atom. The molecule has 19 heavy (non-hydrogen) atoms. The molecule has 1 heterocycles. The van der Waals surface area contributed by atoms with E-state index in [1.54, 1.807) is 6.07 Å². The van der Waals surface area contributed by atoms with Crippen LogP contribution >= 0.6 is 22.6 Å². The molecular weight excluding hydrogens is 358 g/mol. The Kier molecular flexibility index (Phi) is 5.59. The van der Waals surface area contributed by atoms with Gasteiger partial charge in [0.25, 0.3) is 0 Å². The van der Waals surface area contributed by atoms with Crippen LogP contribution in [0.2, 0.25) is 0 Å². The monoisotopic (exact) mass is 378 g/mol. The Balaban J connectivity index is 2.03. The highest BCUT2D eigenvalue weighted by Gasteiger charge is 2.30. The zero-order chi connectivity index (χ0) is 13.7. The second-order valence-electron chi connectivity index (χ2n) is 5.21. The number of alkyl halides is 1. The summed E-state index contributed by atoms with van der Waals surface area (Å²) in [5.41, 5.74) is 0.0981. The molecule has 1 aromatic carbocycles. The second-order valence-corrected chi connectivity index (χ2v) is 5.97. The summed E-state index contributed by atoms with van der Waals surface area (Å²) >= 11 is 2.26. The van der Waals surface area contributed by atoms with Crippen LogP contribution in [0.4, 0.5) is 4.39 Å². The van der Waals surface area contributed by atoms with Crippen LogP contribution in [0.3, 0.4) is 0 Å². The second kappa shape index (κ2) is 6.99. The first-order valence-corrected chi connectivity index (χ1v) is 8.21. The number of ether oxygens (including phenoxy) is 2. The molecule has 0 spiro atoms. The Bertz CT molecular complexity index is 407. The molecule has 4 heteroatoms. The zero-order valence-corrected chi connectivity index (χ0v) is 13.4. The summed E-state index contributed by atoms with van der Waals surface area (Å²) in [7, 11) is 0. The highest BCUT2D eigenvalue weighted by Crippen LogP contribution is 2.31. The molecule has 0 bridgehead atoms. The van der Waals surface area contributed by atoms with Crippen molar-refractivity contribution in [2.45, 2.75) is 25.4 Å². The fraction of sp³-hybridized carbons (Fsp3) is 0.600. The van der Waals surface area contributed by atoms with Gasteiger partial charge in [-0.25, -0.2) is 4.39 Å². The van der Waals surface area contributed by atoms with Gasteiger partial charge in [-0.15, -0.1) is 0 Å². The highest BCUT2D eigenvalue weighted by molar-refractivity contribution is 14.1. The van der Waals surface area contributed by atoms with Gasteiger partial charge in [-0.05, 0) is 31.7 Å². The fourth-order valence-electron chi connectivity index (χ4n) is 2.29. The van der Waals surface area contributed by atoms with E-state index in [9.17, 15) is 4.39 Å². The van der Waals surface area contributed by atoms with Crippen LogP contribution in [0.5, 0.6) is 0 Å². The Morgan fingerprint density at radius 3 is 2.68 bits per heavy atom. The first-order chi connectivity index (χ1) is 9.15.